The number of imidazole rings is 1. The molecule has 0 amide bonds. The fourth-order valence-corrected chi connectivity index (χ4v) is 1.65. The van der Waals surface area contributed by atoms with Gasteiger partial charge in [-0.15, -0.1) is 0 Å². The first kappa shape index (κ1) is 10.9. The summed E-state index contributed by atoms with van der Waals surface area (Å²) in [6.45, 7) is 2.13. The molecule has 2 aromatic rings. The molecule has 16 heavy (non-hydrogen) atoms. The molecule has 0 aliphatic rings. The predicted octanol–water partition coefficient (Wildman–Crippen LogP) is 2.79. The molecule has 0 spiro atoms. The van der Waals surface area contributed by atoms with Gasteiger partial charge in [0.2, 0.25) is 0 Å². The zero-order valence-corrected chi connectivity index (χ0v) is 9.61. The lowest BCUT2D eigenvalue weighted by molar-refractivity contribution is 0.101. The molecule has 4 heteroatoms. The van der Waals surface area contributed by atoms with E-state index in [1.54, 1.807) is 12.5 Å². The van der Waals surface area contributed by atoms with E-state index in [1.165, 1.54) is 6.92 Å². The number of Topliss-reactive ketones (excluding diaryl/α,β-unsaturated/α-hetero) is 1. The van der Waals surface area contributed by atoms with E-state index < -0.39 is 0 Å². The molecule has 1 heterocycles. The molecule has 0 saturated carbocycles. The van der Waals surface area contributed by atoms with Gasteiger partial charge < -0.3 is 4.57 Å². The normalized spacial score (nSPS) is 10.4. The SMILES string of the molecule is CC(=O)c1cn(Cc2ccccc2Cl)cn1. The Labute approximate surface area is 98.7 Å². The molecular weight excluding hydrogens is 224 g/mol. The van der Waals surface area contributed by atoms with Crippen LogP contribution in [0.15, 0.2) is 36.8 Å². The Morgan fingerprint density at radius 2 is 2.19 bits per heavy atom. The lowest BCUT2D eigenvalue weighted by atomic mass is 10.2. The van der Waals surface area contributed by atoms with E-state index in [0.717, 1.165) is 10.6 Å². The largest absolute Gasteiger partial charge is 0.332 e. The number of nitrogens with zero attached hydrogens (tertiary/aromatic N) is 2. The Hall–Kier alpha value is -1.61. The molecule has 0 saturated heterocycles. The number of hydrogen-bond acceptors (Lipinski definition) is 2. The van der Waals surface area contributed by atoms with Crippen molar-refractivity contribution in [2.75, 3.05) is 0 Å². The van der Waals surface area contributed by atoms with Crippen LogP contribution < -0.4 is 0 Å². The van der Waals surface area contributed by atoms with Crippen LogP contribution in [-0.2, 0) is 6.54 Å². The van der Waals surface area contributed by atoms with Gasteiger partial charge in [-0.05, 0) is 11.6 Å². The average Bonchev–Trinajstić information content (AvgIpc) is 2.70. The summed E-state index contributed by atoms with van der Waals surface area (Å²) in [5.41, 5.74) is 1.49. The van der Waals surface area contributed by atoms with Crippen LogP contribution in [0, 0.1) is 0 Å². The van der Waals surface area contributed by atoms with Crippen molar-refractivity contribution < 1.29 is 4.79 Å². The molecule has 0 aliphatic heterocycles. The van der Waals surface area contributed by atoms with Gasteiger partial charge in [0.25, 0.3) is 0 Å². The van der Waals surface area contributed by atoms with Gasteiger partial charge in [0.1, 0.15) is 5.69 Å². The first-order valence-electron chi connectivity index (χ1n) is 4.93. The summed E-state index contributed by atoms with van der Waals surface area (Å²) in [6, 6.07) is 7.63. The Morgan fingerprint density at radius 3 is 2.81 bits per heavy atom. The number of halogens is 1. The van der Waals surface area contributed by atoms with E-state index in [2.05, 4.69) is 4.98 Å². The first-order valence-corrected chi connectivity index (χ1v) is 5.31. The second-order valence-electron chi connectivity index (χ2n) is 3.58. The van der Waals surface area contributed by atoms with Crippen LogP contribution in [0.5, 0.6) is 0 Å². The minimum atomic E-state index is -0.0297. The number of hydrogen-bond donors (Lipinski definition) is 0. The van der Waals surface area contributed by atoms with E-state index in [1.807, 2.05) is 28.8 Å². The summed E-state index contributed by atoms with van der Waals surface area (Å²) in [5, 5.41) is 0.723. The standard InChI is InChI=1S/C12H11ClN2O/c1-9(16)12-7-15(8-14-12)6-10-4-2-3-5-11(10)13/h2-5,7-8H,6H2,1H3. The highest BCUT2D eigenvalue weighted by atomic mass is 35.5. The summed E-state index contributed by atoms with van der Waals surface area (Å²) in [7, 11) is 0. The maximum Gasteiger partial charge on any atom is 0.179 e. The molecule has 0 bridgehead atoms. The Morgan fingerprint density at radius 1 is 1.44 bits per heavy atom. The maximum atomic E-state index is 11.1. The number of ketones is 1. The molecule has 0 radical (unpaired) electrons. The lowest BCUT2D eigenvalue weighted by Crippen LogP contribution is -1.97. The van der Waals surface area contributed by atoms with Crippen molar-refractivity contribution in [3.05, 3.63) is 53.1 Å². The van der Waals surface area contributed by atoms with Gasteiger partial charge in [-0.3, -0.25) is 4.79 Å². The third-order valence-corrected chi connectivity index (χ3v) is 2.67. The van der Waals surface area contributed by atoms with Crippen molar-refractivity contribution in [2.24, 2.45) is 0 Å². The Bertz CT molecular complexity index is 519. The molecule has 1 aromatic carbocycles. The Balaban J connectivity index is 2.21. The fourth-order valence-electron chi connectivity index (χ4n) is 1.45. The molecule has 0 aliphatic carbocycles. The van der Waals surface area contributed by atoms with E-state index in [4.69, 9.17) is 11.6 Å². The smallest absolute Gasteiger partial charge is 0.179 e. The molecule has 2 rings (SSSR count). The second kappa shape index (κ2) is 4.49. The van der Waals surface area contributed by atoms with Crippen LogP contribution in [0.1, 0.15) is 23.0 Å². The van der Waals surface area contributed by atoms with Crippen LogP contribution in [-0.4, -0.2) is 15.3 Å². The third-order valence-electron chi connectivity index (χ3n) is 2.30. The highest BCUT2D eigenvalue weighted by Crippen LogP contribution is 2.16. The molecule has 1 aromatic heterocycles. The molecule has 82 valence electrons. The molecule has 0 atom stereocenters. The van der Waals surface area contributed by atoms with Crippen molar-refractivity contribution >= 4 is 17.4 Å². The van der Waals surface area contributed by atoms with Crippen LogP contribution in [0.3, 0.4) is 0 Å². The highest BCUT2D eigenvalue weighted by Gasteiger charge is 2.05. The lowest BCUT2D eigenvalue weighted by Gasteiger charge is -2.03. The van der Waals surface area contributed by atoms with Crippen LogP contribution in [0.2, 0.25) is 5.02 Å². The van der Waals surface area contributed by atoms with Gasteiger partial charge >= 0.3 is 0 Å². The van der Waals surface area contributed by atoms with E-state index in [9.17, 15) is 4.79 Å². The molecular formula is C12H11ClN2O. The van der Waals surface area contributed by atoms with Gasteiger partial charge in [-0.25, -0.2) is 4.98 Å². The Kier molecular flexibility index (Phi) is 3.06. The first-order chi connectivity index (χ1) is 7.66. The van der Waals surface area contributed by atoms with Gasteiger partial charge in [0.15, 0.2) is 5.78 Å². The maximum absolute atomic E-state index is 11.1. The van der Waals surface area contributed by atoms with Gasteiger partial charge in [0, 0.05) is 24.7 Å². The molecule has 3 nitrogen and oxygen atoms in total. The highest BCUT2D eigenvalue weighted by molar-refractivity contribution is 6.31. The van der Waals surface area contributed by atoms with E-state index >= 15 is 0 Å². The van der Waals surface area contributed by atoms with Gasteiger partial charge in [-0.1, -0.05) is 29.8 Å². The molecule has 0 fully saturated rings. The summed E-state index contributed by atoms with van der Waals surface area (Å²) >= 11 is 6.04. The molecule has 0 unspecified atom stereocenters. The van der Waals surface area contributed by atoms with Crippen molar-refractivity contribution in [3.63, 3.8) is 0 Å². The minimum absolute atomic E-state index is 0.0297. The van der Waals surface area contributed by atoms with Crippen molar-refractivity contribution in [1.82, 2.24) is 9.55 Å². The summed E-state index contributed by atoms with van der Waals surface area (Å²) in [4.78, 5) is 15.1. The number of carbonyl (C=O) groups excluding carboxylic acids is 1. The van der Waals surface area contributed by atoms with Crippen LogP contribution >= 0.6 is 11.6 Å². The monoisotopic (exact) mass is 234 g/mol. The number of carbonyl (C=O) groups is 1. The number of benzene rings is 1. The van der Waals surface area contributed by atoms with Gasteiger partial charge in [-0.2, -0.15) is 0 Å². The topological polar surface area (TPSA) is 34.9 Å². The second-order valence-corrected chi connectivity index (χ2v) is 3.99. The predicted molar refractivity (Wildman–Crippen MR) is 62.8 cm³/mol. The average molecular weight is 235 g/mol. The zero-order chi connectivity index (χ0) is 11.5. The van der Waals surface area contributed by atoms with Crippen molar-refractivity contribution in [2.45, 2.75) is 13.5 Å². The minimum Gasteiger partial charge on any atom is -0.332 e. The fraction of sp³-hybridized carbons (Fsp3) is 0.167. The summed E-state index contributed by atoms with van der Waals surface area (Å²) < 4.78 is 1.85. The quantitative estimate of drug-likeness (QED) is 0.766. The third kappa shape index (κ3) is 2.31. The van der Waals surface area contributed by atoms with E-state index in [-0.39, 0.29) is 5.78 Å². The van der Waals surface area contributed by atoms with E-state index in [0.29, 0.717) is 12.2 Å². The molecule has 0 N–H and O–H groups in total. The van der Waals surface area contributed by atoms with Crippen molar-refractivity contribution in [1.29, 1.82) is 0 Å². The summed E-state index contributed by atoms with van der Waals surface area (Å²) in [5.74, 6) is -0.0297. The van der Waals surface area contributed by atoms with Crippen LogP contribution in [0.25, 0.3) is 0 Å². The van der Waals surface area contributed by atoms with Crippen molar-refractivity contribution in [3.8, 4) is 0 Å². The zero-order valence-electron chi connectivity index (χ0n) is 8.85. The number of aromatic nitrogens is 2. The summed E-state index contributed by atoms with van der Waals surface area (Å²) in [6.07, 6.45) is 3.37. The van der Waals surface area contributed by atoms with Crippen LogP contribution in [0.4, 0.5) is 0 Å². The van der Waals surface area contributed by atoms with Gasteiger partial charge in [0.05, 0.1) is 6.33 Å². The number of rotatable bonds is 3.